The van der Waals surface area contributed by atoms with E-state index < -0.39 is 0 Å². The number of ether oxygens (including phenoxy) is 1. The summed E-state index contributed by atoms with van der Waals surface area (Å²) in [6.45, 7) is 0.404. The highest BCUT2D eigenvalue weighted by Gasteiger charge is 2.16. The van der Waals surface area contributed by atoms with Crippen LogP contribution in [-0.2, 0) is 11.3 Å². The Kier molecular flexibility index (Phi) is 7.46. The van der Waals surface area contributed by atoms with Crippen LogP contribution in [0.2, 0.25) is 0 Å². The molecule has 4 nitrogen and oxygen atoms in total. The van der Waals surface area contributed by atoms with Crippen molar-refractivity contribution in [2.24, 2.45) is 0 Å². The fraction of sp³-hybridized carbons (Fsp3) is 0.0714. The zero-order valence-electron chi connectivity index (χ0n) is 17.9. The third kappa shape index (κ3) is 6.51. The predicted molar refractivity (Wildman–Crippen MR) is 132 cm³/mol. The summed E-state index contributed by atoms with van der Waals surface area (Å²) in [5.74, 6) is 1.00. The third-order valence-corrected chi connectivity index (χ3v) is 5.77. The van der Waals surface area contributed by atoms with Crippen LogP contribution in [0.25, 0.3) is 6.08 Å². The first-order valence-electron chi connectivity index (χ1n) is 10.6. The summed E-state index contributed by atoms with van der Waals surface area (Å²) in [6.07, 6.45) is 1.80. The van der Waals surface area contributed by atoms with Crippen molar-refractivity contribution in [1.82, 2.24) is 5.32 Å². The van der Waals surface area contributed by atoms with Gasteiger partial charge in [0.25, 0.3) is 0 Å². The number of carbonyl (C=O) groups is 2. The van der Waals surface area contributed by atoms with Gasteiger partial charge in [-0.1, -0.05) is 54.6 Å². The van der Waals surface area contributed by atoms with E-state index in [0.717, 1.165) is 16.2 Å². The van der Waals surface area contributed by atoms with Crippen LogP contribution in [-0.4, -0.2) is 11.7 Å². The number of amides is 1. The zero-order chi connectivity index (χ0) is 22.9. The molecule has 0 fully saturated rings. The first kappa shape index (κ1) is 22.2. The van der Waals surface area contributed by atoms with Crippen molar-refractivity contribution in [3.8, 4) is 11.5 Å². The van der Waals surface area contributed by atoms with Crippen LogP contribution in [0.4, 0.5) is 0 Å². The van der Waals surface area contributed by atoms with Crippen LogP contribution >= 0.6 is 11.3 Å². The molecule has 0 saturated carbocycles. The predicted octanol–water partition coefficient (Wildman–Crippen LogP) is 6.51. The Morgan fingerprint density at radius 3 is 2.12 bits per heavy atom. The van der Waals surface area contributed by atoms with Gasteiger partial charge in [-0.15, -0.1) is 11.3 Å². The number of hydrogen-bond donors (Lipinski definition) is 1. The fourth-order valence-electron chi connectivity index (χ4n) is 3.24. The quantitative estimate of drug-likeness (QED) is 0.232. The van der Waals surface area contributed by atoms with Crippen LogP contribution in [0.15, 0.2) is 108 Å². The number of Topliss-reactive ketones (excluding diaryl/α,β-unsaturated/α-hetero) is 1. The molecule has 0 aliphatic rings. The number of nitrogens with one attached hydrogen (secondary N) is 1. The lowest BCUT2D eigenvalue weighted by Gasteiger charge is -2.10. The van der Waals surface area contributed by atoms with E-state index in [9.17, 15) is 9.59 Å². The van der Waals surface area contributed by atoms with Gasteiger partial charge >= 0.3 is 0 Å². The molecule has 1 aromatic heterocycles. The van der Waals surface area contributed by atoms with E-state index in [-0.39, 0.29) is 18.1 Å². The van der Waals surface area contributed by atoms with Gasteiger partial charge in [0, 0.05) is 29.0 Å². The van der Waals surface area contributed by atoms with Gasteiger partial charge in [-0.05, 0) is 59.5 Å². The average Bonchev–Trinajstić information content (AvgIpc) is 3.37. The van der Waals surface area contributed by atoms with Crippen molar-refractivity contribution in [1.29, 1.82) is 0 Å². The molecule has 0 saturated heterocycles. The second-order valence-electron chi connectivity index (χ2n) is 7.39. The second-order valence-corrected chi connectivity index (χ2v) is 8.37. The van der Waals surface area contributed by atoms with Crippen molar-refractivity contribution < 1.29 is 14.3 Å². The minimum absolute atomic E-state index is 0.0113. The molecule has 1 amide bonds. The van der Waals surface area contributed by atoms with E-state index in [1.165, 1.54) is 11.3 Å². The van der Waals surface area contributed by atoms with Gasteiger partial charge in [-0.2, -0.15) is 0 Å². The maximum absolute atomic E-state index is 13.0. The molecular weight excluding hydrogens is 430 g/mol. The number of ketones is 1. The Balaban J connectivity index is 1.45. The Bertz CT molecular complexity index is 1220. The Labute approximate surface area is 197 Å². The van der Waals surface area contributed by atoms with Gasteiger partial charge in [0.2, 0.25) is 5.91 Å². The van der Waals surface area contributed by atoms with Crippen LogP contribution in [0.1, 0.15) is 27.2 Å². The van der Waals surface area contributed by atoms with Gasteiger partial charge in [0.1, 0.15) is 11.5 Å². The van der Waals surface area contributed by atoms with Crippen molar-refractivity contribution in [3.05, 3.63) is 124 Å². The molecule has 0 spiro atoms. The maximum Gasteiger partial charge on any atom is 0.247 e. The molecule has 0 bridgehead atoms. The minimum Gasteiger partial charge on any atom is -0.457 e. The Morgan fingerprint density at radius 2 is 1.45 bits per heavy atom. The number of thiophene rings is 1. The smallest absolute Gasteiger partial charge is 0.247 e. The van der Waals surface area contributed by atoms with E-state index in [2.05, 4.69) is 5.32 Å². The normalized spacial score (nSPS) is 11.1. The SMILES string of the molecule is O=C(NCc1ccccc1)/C(=C/c1cccs1)CC(=O)c1ccc(Oc2ccccc2)cc1. The topological polar surface area (TPSA) is 55.4 Å². The van der Waals surface area contributed by atoms with Gasteiger partial charge in [0.15, 0.2) is 5.78 Å². The molecule has 1 N–H and O–H groups in total. The lowest BCUT2D eigenvalue weighted by molar-refractivity contribution is -0.117. The summed E-state index contributed by atoms with van der Waals surface area (Å²) in [6, 6.07) is 30.0. The van der Waals surface area contributed by atoms with E-state index in [0.29, 0.717) is 23.4 Å². The molecule has 4 rings (SSSR count). The molecule has 1 heterocycles. The first-order valence-corrected chi connectivity index (χ1v) is 11.5. The zero-order valence-corrected chi connectivity index (χ0v) is 18.8. The molecule has 33 heavy (non-hydrogen) atoms. The number of rotatable bonds is 9. The molecule has 0 aliphatic heterocycles. The molecule has 0 unspecified atom stereocenters. The van der Waals surface area contributed by atoms with E-state index in [4.69, 9.17) is 4.74 Å². The minimum atomic E-state index is -0.246. The average molecular weight is 454 g/mol. The molecule has 5 heteroatoms. The molecule has 0 aliphatic carbocycles. The van der Waals surface area contributed by atoms with E-state index in [1.54, 1.807) is 30.3 Å². The summed E-state index contributed by atoms with van der Waals surface area (Å²) < 4.78 is 5.79. The highest BCUT2D eigenvalue weighted by molar-refractivity contribution is 7.10. The standard InChI is InChI=1S/C28H23NO3S/c30-27(22-13-15-25(16-14-22)32-24-10-5-2-6-11-24)19-23(18-26-12-7-17-33-26)28(31)29-20-21-8-3-1-4-9-21/h1-18H,19-20H2,(H,29,31)/b23-18+. The van der Waals surface area contributed by atoms with Crippen molar-refractivity contribution in [3.63, 3.8) is 0 Å². The number of benzene rings is 3. The van der Waals surface area contributed by atoms with Crippen molar-refractivity contribution in [2.75, 3.05) is 0 Å². The number of para-hydroxylation sites is 1. The lowest BCUT2D eigenvalue weighted by Crippen LogP contribution is -2.25. The molecule has 164 valence electrons. The van der Waals surface area contributed by atoms with Gasteiger partial charge in [-0.3, -0.25) is 9.59 Å². The molecule has 4 aromatic rings. The molecule has 0 radical (unpaired) electrons. The summed E-state index contributed by atoms with van der Waals surface area (Å²) in [5.41, 5.74) is 1.97. The monoisotopic (exact) mass is 453 g/mol. The third-order valence-electron chi connectivity index (χ3n) is 4.95. The maximum atomic E-state index is 13.0. The van der Waals surface area contributed by atoms with Crippen molar-refractivity contribution >= 4 is 29.1 Å². The summed E-state index contributed by atoms with van der Waals surface area (Å²) in [4.78, 5) is 26.8. The highest BCUT2D eigenvalue weighted by Crippen LogP contribution is 2.23. The Hall–Kier alpha value is -3.96. The fourth-order valence-corrected chi connectivity index (χ4v) is 3.92. The second kappa shape index (κ2) is 11.1. The van der Waals surface area contributed by atoms with E-state index >= 15 is 0 Å². The van der Waals surface area contributed by atoms with Crippen LogP contribution < -0.4 is 10.1 Å². The van der Waals surface area contributed by atoms with Crippen LogP contribution in [0, 0.1) is 0 Å². The molecule has 0 atom stereocenters. The van der Waals surface area contributed by atoms with Crippen molar-refractivity contribution in [2.45, 2.75) is 13.0 Å². The first-order chi connectivity index (χ1) is 16.2. The highest BCUT2D eigenvalue weighted by atomic mass is 32.1. The van der Waals surface area contributed by atoms with Crippen LogP contribution in [0.5, 0.6) is 11.5 Å². The number of carbonyl (C=O) groups excluding carboxylic acids is 2. The van der Waals surface area contributed by atoms with Gasteiger partial charge in [0.05, 0.1) is 0 Å². The van der Waals surface area contributed by atoms with E-state index in [1.807, 2.05) is 78.2 Å². The van der Waals surface area contributed by atoms with Gasteiger partial charge < -0.3 is 10.1 Å². The van der Waals surface area contributed by atoms with Crippen LogP contribution in [0.3, 0.4) is 0 Å². The summed E-state index contributed by atoms with van der Waals surface area (Å²) >= 11 is 1.52. The largest absolute Gasteiger partial charge is 0.457 e. The lowest BCUT2D eigenvalue weighted by atomic mass is 10.0. The summed E-state index contributed by atoms with van der Waals surface area (Å²) in [7, 11) is 0. The van der Waals surface area contributed by atoms with Gasteiger partial charge in [-0.25, -0.2) is 0 Å². The number of hydrogen-bond acceptors (Lipinski definition) is 4. The summed E-state index contributed by atoms with van der Waals surface area (Å²) in [5, 5.41) is 4.87. The molecular formula is C28H23NO3S. The molecule has 3 aromatic carbocycles. The Morgan fingerprint density at radius 1 is 0.788 bits per heavy atom.